The molecule has 0 spiro atoms. The first-order valence-electron chi connectivity index (χ1n) is 10.3. The number of nitrogens with zero attached hydrogens (tertiary/aromatic N) is 1. The van der Waals surface area contributed by atoms with Crippen molar-refractivity contribution >= 4 is 17.3 Å². The summed E-state index contributed by atoms with van der Waals surface area (Å²) in [5, 5.41) is 2.58. The number of anilines is 2. The monoisotopic (exact) mass is 436 g/mol. The summed E-state index contributed by atoms with van der Waals surface area (Å²) in [6.45, 7) is 5.96. The molecule has 1 saturated heterocycles. The molecule has 0 aliphatic carbocycles. The van der Waals surface area contributed by atoms with Gasteiger partial charge >= 0.3 is 6.18 Å². The van der Waals surface area contributed by atoms with Crippen LogP contribution >= 0.6 is 0 Å². The number of hydrogen-bond donors (Lipinski definition) is 1. The van der Waals surface area contributed by atoms with Crippen LogP contribution in [0.3, 0.4) is 0 Å². The van der Waals surface area contributed by atoms with Crippen molar-refractivity contribution in [1.29, 1.82) is 0 Å². The molecule has 0 saturated carbocycles. The Bertz CT molecular complexity index is 879. The first-order chi connectivity index (χ1) is 14.8. The van der Waals surface area contributed by atoms with E-state index in [9.17, 15) is 18.0 Å². The van der Waals surface area contributed by atoms with E-state index in [1.807, 2.05) is 17.0 Å². The quantitative estimate of drug-likeness (QED) is 0.658. The third-order valence-electron chi connectivity index (χ3n) is 5.38. The molecule has 1 heterocycles. The van der Waals surface area contributed by atoms with Crippen LogP contribution in [-0.2, 0) is 15.7 Å². The van der Waals surface area contributed by atoms with Crippen molar-refractivity contribution in [1.82, 2.24) is 0 Å². The molecule has 2 aromatic rings. The molecule has 1 fully saturated rings. The Labute approximate surface area is 180 Å². The lowest BCUT2D eigenvalue weighted by Gasteiger charge is -2.31. The Morgan fingerprint density at radius 1 is 1.16 bits per heavy atom. The number of alkyl halides is 3. The van der Waals surface area contributed by atoms with Crippen LogP contribution in [0.5, 0.6) is 5.75 Å². The van der Waals surface area contributed by atoms with Gasteiger partial charge in [0.15, 0.2) is 6.61 Å². The van der Waals surface area contributed by atoms with Crippen molar-refractivity contribution in [3.8, 4) is 5.75 Å². The largest absolute Gasteiger partial charge is 0.484 e. The lowest BCUT2D eigenvalue weighted by molar-refractivity contribution is -0.137. The molecule has 1 aliphatic rings. The van der Waals surface area contributed by atoms with Crippen LogP contribution in [0.1, 0.15) is 37.3 Å². The number of nitrogens with one attached hydrogen (secondary N) is 1. The Morgan fingerprint density at radius 3 is 2.45 bits per heavy atom. The fourth-order valence-electron chi connectivity index (χ4n) is 3.36. The number of benzene rings is 2. The molecule has 5 nitrogen and oxygen atoms in total. The minimum absolute atomic E-state index is 0.109. The lowest BCUT2D eigenvalue weighted by atomic mass is 9.99. The smallest absolute Gasteiger partial charge is 0.416 e. The highest BCUT2D eigenvalue weighted by molar-refractivity contribution is 5.95. The normalized spacial score (nSPS) is 15.5. The molecule has 2 aromatic carbocycles. The zero-order valence-corrected chi connectivity index (χ0v) is 17.7. The van der Waals surface area contributed by atoms with E-state index in [0.29, 0.717) is 43.7 Å². The van der Waals surface area contributed by atoms with Crippen molar-refractivity contribution in [3.63, 3.8) is 0 Å². The molecule has 0 aromatic heterocycles. The van der Waals surface area contributed by atoms with Gasteiger partial charge in [-0.25, -0.2) is 0 Å². The van der Waals surface area contributed by atoms with E-state index in [4.69, 9.17) is 9.47 Å². The molecule has 1 aliphatic heterocycles. The van der Waals surface area contributed by atoms with Gasteiger partial charge in [0, 0.05) is 13.1 Å². The molecule has 1 atom stereocenters. The molecule has 1 N–H and O–H groups in total. The summed E-state index contributed by atoms with van der Waals surface area (Å²) >= 11 is 0. The molecule has 1 amide bonds. The minimum atomic E-state index is -4.50. The maximum Gasteiger partial charge on any atom is 0.416 e. The van der Waals surface area contributed by atoms with Crippen LogP contribution in [-0.4, -0.2) is 38.8 Å². The van der Waals surface area contributed by atoms with Gasteiger partial charge in [0.1, 0.15) is 5.75 Å². The zero-order valence-electron chi connectivity index (χ0n) is 17.7. The zero-order chi connectivity index (χ0) is 22.4. The minimum Gasteiger partial charge on any atom is -0.484 e. The molecule has 0 radical (unpaired) electrons. The van der Waals surface area contributed by atoms with E-state index < -0.39 is 17.6 Å². The average molecular weight is 436 g/mol. The second-order valence-corrected chi connectivity index (χ2v) is 7.54. The van der Waals surface area contributed by atoms with Crippen LogP contribution < -0.4 is 15.0 Å². The summed E-state index contributed by atoms with van der Waals surface area (Å²) < 4.78 is 50.4. The Balaban J connectivity index is 1.70. The van der Waals surface area contributed by atoms with Crippen LogP contribution in [0.2, 0.25) is 0 Å². The van der Waals surface area contributed by atoms with Gasteiger partial charge in [-0.05, 0) is 48.2 Å². The highest BCUT2D eigenvalue weighted by Gasteiger charge is 2.32. The number of carbonyl (C=O) groups excluding carboxylic acids is 1. The lowest BCUT2D eigenvalue weighted by Crippen LogP contribution is -2.37. The van der Waals surface area contributed by atoms with Crippen LogP contribution in [0.15, 0.2) is 42.5 Å². The van der Waals surface area contributed by atoms with Gasteiger partial charge in [-0.3, -0.25) is 4.79 Å². The average Bonchev–Trinajstić information content (AvgIpc) is 2.77. The summed E-state index contributed by atoms with van der Waals surface area (Å²) in [5.41, 5.74) is 1.000. The number of amides is 1. The predicted molar refractivity (Wildman–Crippen MR) is 114 cm³/mol. The predicted octanol–water partition coefficient (Wildman–Crippen LogP) is 5.07. The fourth-order valence-corrected chi connectivity index (χ4v) is 3.36. The van der Waals surface area contributed by atoms with E-state index in [-0.39, 0.29) is 12.3 Å². The number of halogens is 3. The molecule has 31 heavy (non-hydrogen) atoms. The van der Waals surface area contributed by atoms with Gasteiger partial charge in [-0.15, -0.1) is 0 Å². The third kappa shape index (κ3) is 6.13. The van der Waals surface area contributed by atoms with E-state index in [1.54, 1.807) is 12.1 Å². The highest BCUT2D eigenvalue weighted by atomic mass is 19.4. The maximum absolute atomic E-state index is 13.2. The van der Waals surface area contributed by atoms with Crippen molar-refractivity contribution in [2.45, 2.75) is 32.4 Å². The van der Waals surface area contributed by atoms with Crippen LogP contribution in [0.25, 0.3) is 0 Å². The van der Waals surface area contributed by atoms with E-state index in [1.165, 1.54) is 11.6 Å². The Hall–Kier alpha value is -2.74. The number of hydrogen-bond acceptors (Lipinski definition) is 4. The van der Waals surface area contributed by atoms with Crippen molar-refractivity contribution < 1.29 is 27.4 Å². The number of rotatable bonds is 7. The molecule has 1 unspecified atom stereocenters. The first-order valence-corrected chi connectivity index (χ1v) is 10.3. The Morgan fingerprint density at radius 2 is 1.84 bits per heavy atom. The van der Waals surface area contributed by atoms with Gasteiger partial charge in [-0.1, -0.05) is 26.0 Å². The standard InChI is InChI=1S/C23H27F3N2O3/c1-3-16(2)17-4-7-19(8-5-17)31-15-22(29)27-20-14-18(23(24,25)26)6-9-21(20)28-10-12-30-13-11-28/h4-9,14,16H,3,10-13,15H2,1-2H3,(H,27,29). The molecule has 3 rings (SSSR count). The molecular weight excluding hydrogens is 409 g/mol. The van der Waals surface area contributed by atoms with Gasteiger partial charge < -0.3 is 19.7 Å². The summed E-state index contributed by atoms with van der Waals surface area (Å²) in [4.78, 5) is 14.3. The first kappa shape index (κ1) is 22.9. The van der Waals surface area contributed by atoms with Crippen molar-refractivity contribution in [2.24, 2.45) is 0 Å². The summed E-state index contributed by atoms with van der Waals surface area (Å²) in [6, 6.07) is 10.9. The summed E-state index contributed by atoms with van der Waals surface area (Å²) in [6.07, 6.45) is -3.48. The molecule has 8 heteroatoms. The van der Waals surface area contributed by atoms with Crippen molar-refractivity contribution in [2.75, 3.05) is 43.1 Å². The van der Waals surface area contributed by atoms with E-state index in [2.05, 4.69) is 19.2 Å². The maximum atomic E-state index is 13.2. The number of morpholine rings is 1. The highest BCUT2D eigenvalue weighted by Crippen LogP contribution is 2.35. The van der Waals surface area contributed by atoms with Gasteiger partial charge in [0.05, 0.1) is 30.2 Å². The molecule has 168 valence electrons. The fraction of sp³-hybridized carbons (Fsp3) is 0.435. The number of ether oxygens (including phenoxy) is 2. The van der Waals surface area contributed by atoms with Gasteiger partial charge in [0.25, 0.3) is 5.91 Å². The Kier molecular flexibility index (Phi) is 7.43. The van der Waals surface area contributed by atoms with Gasteiger partial charge in [0.2, 0.25) is 0 Å². The van der Waals surface area contributed by atoms with Crippen LogP contribution in [0.4, 0.5) is 24.5 Å². The summed E-state index contributed by atoms with van der Waals surface area (Å²) in [5.74, 6) is 0.427. The molecule has 0 bridgehead atoms. The molecular formula is C23H27F3N2O3. The van der Waals surface area contributed by atoms with E-state index >= 15 is 0 Å². The summed E-state index contributed by atoms with van der Waals surface area (Å²) in [7, 11) is 0. The van der Waals surface area contributed by atoms with Crippen LogP contribution in [0, 0.1) is 0 Å². The SMILES string of the molecule is CCC(C)c1ccc(OCC(=O)Nc2cc(C(F)(F)F)ccc2N2CCOCC2)cc1. The van der Waals surface area contributed by atoms with Crippen molar-refractivity contribution in [3.05, 3.63) is 53.6 Å². The topological polar surface area (TPSA) is 50.8 Å². The second-order valence-electron chi connectivity index (χ2n) is 7.54. The third-order valence-corrected chi connectivity index (χ3v) is 5.38. The second kappa shape index (κ2) is 10.0. The van der Waals surface area contributed by atoms with E-state index in [0.717, 1.165) is 18.6 Å². The van der Waals surface area contributed by atoms with Gasteiger partial charge in [-0.2, -0.15) is 13.2 Å². The number of carbonyl (C=O) groups is 1.